The van der Waals surface area contributed by atoms with Gasteiger partial charge in [0.15, 0.2) is 0 Å². The molecule has 0 bridgehead atoms. The van der Waals surface area contributed by atoms with Crippen LogP contribution < -0.4 is 20.1 Å². The highest BCUT2D eigenvalue weighted by Gasteiger charge is 2.04. The van der Waals surface area contributed by atoms with Gasteiger partial charge in [0, 0.05) is 14.1 Å². The lowest BCUT2D eigenvalue weighted by Crippen LogP contribution is -2.14. The number of rotatable bonds is 6. The van der Waals surface area contributed by atoms with Gasteiger partial charge in [0.1, 0.15) is 24.7 Å². The van der Waals surface area contributed by atoms with Crippen LogP contribution in [0.15, 0.2) is 48.5 Å². The zero-order valence-electron chi connectivity index (χ0n) is 11.9. The first-order chi connectivity index (χ1) is 9.68. The summed E-state index contributed by atoms with van der Waals surface area (Å²) in [6, 6.07) is 15.4. The van der Waals surface area contributed by atoms with Crippen molar-refractivity contribution in [3.05, 3.63) is 48.5 Å². The van der Waals surface area contributed by atoms with Gasteiger partial charge in [-0.1, -0.05) is 24.3 Å². The molecule has 20 heavy (non-hydrogen) atoms. The highest BCUT2D eigenvalue weighted by atomic mass is 16.5. The van der Waals surface area contributed by atoms with Gasteiger partial charge in [0.05, 0.1) is 11.4 Å². The van der Waals surface area contributed by atoms with E-state index in [-0.39, 0.29) is 0 Å². The van der Waals surface area contributed by atoms with Crippen LogP contribution in [0.25, 0.3) is 0 Å². The van der Waals surface area contributed by atoms with Gasteiger partial charge < -0.3 is 20.1 Å². The van der Waals surface area contributed by atoms with Crippen LogP contribution in [0, 0.1) is 0 Å². The van der Waals surface area contributed by atoms with Crippen molar-refractivity contribution in [3.8, 4) is 11.5 Å². The fourth-order valence-electron chi connectivity index (χ4n) is 1.86. The lowest BCUT2D eigenvalue weighted by atomic mass is 10.3. The van der Waals surface area contributed by atoms with Crippen molar-refractivity contribution < 1.29 is 9.47 Å². The van der Waals surface area contributed by atoms with E-state index in [2.05, 4.69) is 0 Å². The molecule has 0 unspecified atom stereocenters. The molecule has 0 heterocycles. The molecular formula is C16H20N2O2. The Morgan fingerprint density at radius 3 is 2.05 bits per heavy atom. The van der Waals surface area contributed by atoms with Crippen LogP contribution in [-0.4, -0.2) is 27.3 Å². The largest absolute Gasteiger partial charge is 0.488 e. The molecule has 4 nitrogen and oxygen atoms in total. The summed E-state index contributed by atoms with van der Waals surface area (Å²) < 4.78 is 11.3. The number of hydrogen-bond donors (Lipinski definition) is 1. The summed E-state index contributed by atoms with van der Waals surface area (Å²) in [6.45, 7) is 0.926. The summed E-state index contributed by atoms with van der Waals surface area (Å²) in [4.78, 5) is 2.02. The monoisotopic (exact) mass is 272 g/mol. The second kappa shape index (κ2) is 6.70. The minimum Gasteiger partial charge on any atom is -0.488 e. The first-order valence-electron chi connectivity index (χ1n) is 6.55. The van der Waals surface area contributed by atoms with Crippen LogP contribution in [-0.2, 0) is 0 Å². The molecule has 0 spiro atoms. The van der Waals surface area contributed by atoms with Crippen LogP contribution >= 0.6 is 0 Å². The number of benzene rings is 2. The second-order valence-electron chi connectivity index (χ2n) is 4.60. The Morgan fingerprint density at radius 1 is 0.850 bits per heavy atom. The van der Waals surface area contributed by atoms with E-state index in [4.69, 9.17) is 15.2 Å². The van der Waals surface area contributed by atoms with E-state index in [1.807, 2.05) is 67.5 Å². The molecular weight excluding hydrogens is 252 g/mol. The van der Waals surface area contributed by atoms with E-state index in [0.717, 1.165) is 11.4 Å². The van der Waals surface area contributed by atoms with Crippen LogP contribution in [0.2, 0.25) is 0 Å². The minimum atomic E-state index is 0.454. The summed E-state index contributed by atoms with van der Waals surface area (Å²) in [7, 11) is 3.98. The van der Waals surface area contributed by atoms with E-state index in [0.29, 0.717) is 24.7 Å². The summed E-state index contributed by atoms with van der Waals surface area (Å²) in [5, 5.41) is 0. The number of para-hydroxylation sites is 4. The zero-order chi connectivity index (χ0) is 14.4. The maximum atomic E-state index is 5.81. The number of ether oxygens (including phenoxy) is 2. The molecule has 2 rings (SSSR count). The van der Waals surface area contributed by atoms with Crippen molar-refractivity contribution in [2.75, 3.05) is 37.9 Å². The number of nitrogens with two attached hydrogens (primary N) is 1. The molecule has 106 valence electrons. The molecule has 0 aliphatic rings. The zero-order valence-corrected chi connectivity index (χ0v) is 11.9. The highest BCUT2D eigenvalue weighted by molar-refractivity contribution is 5.57. The molecule has 0 amide bonds. The summed E-state index contributed by atoms with van der Waals surface area (Å²) in [5.74, 6) is 1.54. The van der Waals surface area contributed by atoms with Crippen LogP contribution in [0.4, 0.5) is 11.4 Å². The third-order valence-corrected chi connectivity index (χ3v) is 2.86. The molecule has 0 aliphatic carbocycles. The molecule has 2 aromatic carbocycles. The second-order valence-corrected chi connectivity index (χ2v) is 4.60. The Morgan fingerprint density at radius 2 is 1.40 bits per heavy atom. The van der Waals surface area contributed by atoms with Gasteiger partial charge in [-0.3, -0.25) is 0 Å². The van der Waals surface area contributed by atoms with Crippen LogP contribution in [0.1, 0.15) is 0 Å². The van der Waals surface area contributed by atoms with E-state index < -0.39 is 0 Å². The molecule has 0 fully saturated rings. The number of anilines is 2. The smallest absolute Gasteiger partial charge is 0.142 e. The molecule has 2 N–H and O–H groups in total. The first-order valence-corrected chi connectivity index (χ1v) is 6.55. The average molecular weight is 272 g/mol. The summed E-state index contributed by atoms with van der Waals surface area (Å²) in [6.07, 6.45) is 0. The lowest BCUT2D eigenvalue weighted by molar-refractivity contribution is 0.218. The van der Waals surface area contributed by atoms with Gasteiger partial charge in [0.2, 0.25) is 0 Å². The maximum Gasteiger partial charge on any atom is 0.142 e. The minimum absolute atomic E-state index is 0.454. The van der Waals surface area contributed by atoms with Gasteiger partial charge in [-0.15, -0.1) is 0 Å². The molecule has 0 saturated carbocycles. The highest BCUT2D eigenvalue weighted by Crippen LogP contribution is 2.26. The molecule has 0 aromatic heterocycles. The van der Waals surface area contributed by atoms with Crippen molar-refractivity contribution in [3.63, 3.8) is 0 Å². The van der Waals surface area contributed by atoms with E-state index >= 15 is 0 Å². The van der Waals surface area contributed by atoms with Crippen molar-refractivity contribution in [1.82, 2.24) is 0 Å². The quantitative estimate of drug-likeness (QED) is 0.649. The Bertz CT molecular complexity index is 556. The summed E-state index contributed by atoms with van der Waals surface area (Å²) in [5.41, 5.74) is 7.49. The molecule has 0 saturated heterocycles. The van der Waals surface area contributed by atoms with Crippen molar-refractivity contribution >= 4 is 11.4 Å². The molecule has 0 radical (unpaired) electrons. The van der Waals surface area contributed by atoms with Gasteiger partial charge in [-0.2, -0.15) is 0 Å². The third kappa shape index (κ3) is 3.57. The van der Waals surface area contributed by atoms with Crippen molar-refractivity contribution in [2.45, 2.75) is 0 Å². The normalized spacial score (nSPS) is 10.1. The number of hydrogen-bond acceptors (Lipinski definition) is 4. The topological polar surface area (TPSA) is 47.7 Å². The van der Waals surface area contributed by atoms with Crippen LogP contribution in [0.5, 0.6) is 11.5 Å². The van der Waals surface area contributed by atoms with Gasteiger partial charge in [-0.05, 0) is 24.3 Å². The number of nitrogen functional groups attached to an aromatic ring is 1. The van der Waals surface area contributed by atoms with Gasteiger partial charge in [-0.25, -0.2) is 0 Å². The fraction of sp³-hybridized carbons (Fsp3) is 0.250. The fourth-order valence-corrected chi connectivity index (χ4v) is 1.86. The van der Waals surface area contributed by atoms with E-state index in [9.17, 15) is 0 Å². The lowest BCUT2D eigenvalue weighted by Gasteiger charge is -2.17. The Hall–Kier alpha value is -2.36. The third-order valence-electron chi connectivity index (χ3n) is 2.86. The van der Waals surface area contributed by atoms with Crippen LogP contribution in [0.3, 0.4) is 0 Å². The average Bonchev–Trinajstić information content (AvgIpc) is 2.45. The van der Waals surface area contributed by atoms with Crippen molar-refractivity contribution in [1.29, 1.82) is 0 Å². The Balaban J connectivity index is 1.86. The predicted octanol–water partition coefficient (Wildman–Crippen LogP) is 2.79. The standard InChI is InChI=1S/C16H20N2O2/c1-18(2)14-8-4-6-10-16(14)20-12-11-19-15-9-5-3-7-13(15)17/h3-10H,11-12,17H2,1-2H3. The molecule has 0 aliphatic heterocycles. The summed E-state index contributed by atoms with van der Waals surface area (Å²) >= 11 is 0. The Labute approximate surface area is 119 Å². The van der Waals surface area contributed by atoms with E-state index in [1.54, 1.807) is 0 Å². The van der Waals surface area contributed by atoms with Gasteiger partial charge in [0.25, 0.3) is 0 Å². The van der Waals surface area contributed by atoms with Crippen molar-refractivity contribution in [2.24, 2.45) is 0 Å². The first kappa shape index (κ1) is 14.1. The molecule has 0 atom stereocenters. The SMILES string of the molecule is CN(C)c1ccccc1OCCOc1ccccc1N. The van der Waals surface area contributed by atoms with Gasteiger partial charge >= 0.3 is 0 Å². The number of nitrogens with zero attached hydrogens (tertiary/aromatic N) is 1. The molecule has 2 aromatic rings. The van der Waals surface area contributed by atoms with E-state index in [1.165, 1.54) is 0 Å². The maximum absolute atomic E-state index is 5.81. The molecule has 4 heteroatoms. The Kier molecular flexibility index (Phi) is 4.71. The predicted molar refractivity (Wildman–Crippen MR) is 82.6 cm³/mol.